The molecule has 2 aliphatic carbocycles. The summed E-state index contributed by atoms with van der Waals surface area (Å²) in [4.78, 5) is 0. The van der Waals surface area contributed by atoms with Crippen molar-refractivity contribution in [3.8, 4) is 66.8 Å². The van der Waals surface area contributed by atoms with Crippen LogP contribution >= 0.6 is 0 Å². The number of nitrogens with zero attached hydrogens (tertiary/aromatic N) is 1. The first-order valence-electron chi connectivity index (χ1n) is 24.4. The zero-order valence-electron chi connectivity index (χ0n) is 38.4. The van der Waals surface area contributed by atoms with Crippen LogP contribution in [0.15, 0.2) is 255 Å². The van der Waals surface area contributed by atoms with Crippen LogP contribution in [-0.4, -0.2) is 4.57 Å². The minimum atomic E-state index is 0.0516. The first-order chi connectivity index (χ1) is 34.2. The highest BCUT2D eigenvalue weighted by Gasteiger charge is 2.28. The topological polar surface area (TPSA) is 4.93 Å². The summed E-state index contributed by atoms with van der Waals surface area (Å²) in [7, 11) is 0. The summed E-state index contributed by atoms with van der Waals surface area (Å²) in [6.07, 6.45) is 7.81. The fourth-order valence-corrected chi connectivity index (χ4v) is 11.2. The second-order valence-electron chi connectivity index (χ2n) is 18.8. The fourth-order valence-electron chi connectivity index (χ4n) is 11.2. The van der Waals surface area contributed by atoms with Crippen LogP contribution in [0.1, 0.15) is 34.7 Å². The molecule has 0 N–H and O–H groups in total. The summed E-state index contributed by atoms with van der Waals surface area (Å²) < 4.78 is 2.73. The number of benzene rings is 10. The van der Waals surface area contributed by atoms with E-state index in [4.69, 9.17) is 0 Å². The van der Waals surface area contributed by atoms with Crippen molar-refractivity contribution in [3.05, 3.63) is 277 Å². The van der Waals surface area contributed by atoms with Crippen LogP contribution in [-0.2, 0) is 12.8 Å². The van der Waals surface area contributed by atoms with Gasteiger partial charge in [0.2, 0.25) is 0 Å². The number of hydrogen-bond donors (Lipinski definition) is 0. The molecule has 13 rings (SSSR count). The van der Waals surface area contributed by atoms with Crippen LogP contribution in [0.3, 0.4) is 0 Å². The van der Waals surface area contributed by atoms with Crippen molar-refractivity contribution in [1.29, 1.82) is 0 Å². The minimum absolute atomic E-state index is 0.0516. The molecule has 0 saturated heterocycles. The average Bonchev–Trinajstić information content (AvgIpc) is 3.78. The van der Waals surface area contributed by atoms with E-state index in [9.17, 15) is 0 Å². The summed E-state index contributed by atoms with van der Waals surface area (Å²) in [6.45, 7) is 0. The lowest BCUT2D eigenvalue weighted by molar-refractivity contribution is 0.658. The predicted molar refractivity (Wildman–Crippen MR) is 292 cm³/mol. The third-order valence-electron chi connectivity index (χ3n) is 14.5. The van der Waals surface area contributed by atoms with Gasteiger partial charge in [0, 0.05) is 10.8 Å². The summed E-state index contributed by atoms with van der Waals surface area (Å²) in [5.74, 6) is 0. The van der Waals surface area contributed by atoms with E-state index in [0.29, 0.717) is 0 Å². The quantitative estimate of drug-likeness (QED) is 0.136. The van der Waals surface area contributed by atoms with E-state index in [2.05, 4.69) is 259 Å². The Morgan fingerprint density at radius 3 is 0.957 bits per heavy atom. The van der Waals surface area contributed by atoms with Crippen molar-refractivity contribution in [2.24, 2.45) is 0 Å². The molecular weight excluding hydrogens is 831 g/mol. The van der Waals surface area contributed by atoms with Gasteiger partial charge in [-0.2, -0.15) is 0 Å². The predicted octanol–water partition coefficient (Wildman–Crippen LogP) is 18.0. The van der Waals surface area contributed by atoms with Crippen molar-refractivity contribution in [2.75, 3.05) is 0 Å². The van der Waals surface area contributed by atoms with Crippen LogP contribution in [0.25, 0.3) is 99.7 Å². The fraction of sp³-hybridized carbons (Fsp3) is 0.0588. The first-order valence-corrected chi connectivity index (χ1v) is 24.4. The summed E-state index contributed by atoms with van der Waals surface area (Å²) in [5, 5.41) is 2.80. The van der Waals surface area contributed by atoms with Crippen LogP contribution in [0, 0.1) is 0 Å². The van der Waals surface area contributed by atoms with Gasteiger partial charge in [-0.3, -0.25) is 0 Å². The van der Waals surface area contributed by atoms with E-state index in [-0.39, 0.29) is 6.04 Å². The maximum absolute atomic E-state index is 2.73. The maximum atomic E-state index is 2.73. The molecule has 0 amide bonds. The highest BCUT2D eigenvalue weighted by Crippen LogP contribution is 2.48. The van der Waals surface area contributed by atoms with Crippen molar-refractivity contribution in [2.45, 2.75) is 25.3 Å². The molecule has 0 spiro atoms. The highest BCUT2D eigenvalue weighted by molar-refractivity contribution is 6.15. The maximum Gasteiger partial charge on any atom is 0.0572 e. The second-order valence-corrected chi connectivity index (χ2v) is 18.8. The molecule has 10 aromatic carbocycles. The number of aryl methyl sites for hydroxylation is 2. The minimum Gasteiger partial charge on any atom is -0.333 e. The van der Waals surface area contributed by atoms with Gasteiger partial charge in [-0.1, -0.05) is 206 Å². The lowest BCUT2D eigenvalue weighted by Gasteiger charge is -2.26. The molecule has 1 atom stereocenters. The lowest BCUT2D eigenvalue weighted by Crippen LogP contribution is -2.11. The monoisotopic (exact) mass is 879 g/mol. The van der Waals surface area contributed by atoms with Gasteiger partial charge in [0.15, 0.2) is 0 Å². The molecule has 1 heteroatoms. The van der Waals surface area contributed by atoms with E-state index in [1.165, 1.54) is 122 Å². The Morgan fingerprint density at radius 2 is 0.594 bits per heavy atom. The number of allylic oxidation sites excluding steroid dienone is 4. The van der Waals surface area contributed by atoms with Gasteiger partial charge in [-0.05, 0) is 168 Å². The van der Waals surface area contributed by atoms with Gasteiger partial charge in [-0.15, -0.1) is 0 Å². The average molecular weight is 880 g/mol. The Hall–Kier alpha value is -8.52. The van der Waals surface area contributed by atoms with Crippen LogP contribution in [0.4, 0.5) is 0 Å². The molecule has 1 nitrogen and oxygen atoms in total. The molecule has 0 bridgehead atoms. The number of aromatic nitrogens is 1. The van der Waals surface area contributed by atoms with Gasteiger partial charge < -0.3 is 4.57 Å². The van der Waals surface area contributed by atoms with E-state index < -0.39 is 0 Å². The third-order valence-corrected chi connectivity index (χ3v) is 14.5. The molecular formula is C68H49N. The van der Waals surface area contributed by atoms with Crippen LogP contribution < -0.4 is 0 Å². The first kappa shape index (κ1) is 40.7. The van der Waals surface area contributed by atoms with Crippen molar-refractivity contribution >= 4 is 33.0 Å². The molecule has 1 heterocycles. The van der Waals surface area contributed by atoms with E-state index >= 15 is 0 Å². The van der Waals surface area contributed by atoms with Gasteiger partial charge in [-0.25, -0.2) is 0 Å². The Bertz CT molecular complexity index is 3440. The Balaban J connectivity index is 1.08. The molecule has 69 heavy (non-hydrogen) atoms. The van der Waals surface area contributed by atoms with Crippen molar-refractivity contribution < 1.29 is 0 Å². The third kappa shape index (κ3) is 7.63. The molecule has 0 aliphatic heterocycles. The molecule has 2 aliphatic rings. The number of rotatable bonds is 9. The standard InChI is InChI=1S/C68H49N/c1-7-19-46(20-8-1)54-35-55(47-21-9-2-10-22-47)38-58(37-54)62-33-52-31-32-53-34-63(59-39-56(48-23-11-3-12-24-48)36-57(40-59)49-25-13-4-14-26-49)45-66-68(53)67(52)65(44-62)69(66)64-42-60(50-27-15-5-16-28-50)41-61(43-64)51-29-17-6-18-30-51/h1-30,33-42,44-45,64H,31-32,43H2. The largest absolute Gasteiger partial charge is 0.333 e. The zero-order chi connectivity index (χ0) is 45.7. The molecule has 0 saturated carbocycles. The van der Waals surface area contributed by atoms with Gasteiger partial charge in [0.05, 0.1) is 17.1 Å². The zero-order valence-corrected chi connectivity index (χ0v) is 38.4. The normalized spacial score (nSPS) is 14.2. The van der Waals surface area contributed by atoms with E-state index in [0.717, 1.165) is 19.3 Å². The Labute approximate surface area is 404 Å². The molecule has 1 unspecified atom stereocenters. The number of hydrogen-bond acceptors (Lipinski definition) is 0. The van der Waals surface area contributed by atoms with Crippen molar-refractivity contribution in [1.82, 2.24) is 4.57 Å². The van der Waals surface area contributed by atoms with Gasteiger partial charge in [0.25, 0.3) is 0 Å². The van der Waals surface area contributed by atoms with Crippen LogP contribution in [0.2, 0.25) is 0 Å². The van der Waals surface area contributed by atoms with Crippen LogP contribution in [0.5, 0.6) is 0 Å². The van der Waals surface area contributed by atoms with E-state index in [1.807, 2.05) is 0 Å². The van der Waals surface area contributed by atoms with Crippen molar-refractivity contribution in [3.63, 3.8) is 0 Å². The summed E-state index contributed by atoms with van der Waals surface area (Å²) in [5.41, 5.74) is 25.3. The summed E-state index contributed by atoms with van der Waals surface area (Å²) >= 11 is 0. The SMILES string of the molecule is C1=C(c2ccccc2)C=C(c2ccccc2)CC1n1c2cc(-c3cc(-c4ccccc4)cc(-c4ccccc4)c3)cc3c2c2c(cc(-c4cc(-c5ccccc5)cc(-c5ccccc5)c4)cc21)CC3. The molecule has 1 aromatic heterocycles. The molecule has 11 aromatic rings. The summed E-state index contributed by atoms with van der Waals surface area (Å²) in [6, 6.07) is 89.8. The van der Waals surface area contributed by atoms with Gasteiger partial charge >= 0.3 is 0 Å². The van der Waals surface area contributed by atoms with Gasteiger partial charge in [0.1, 0.15) is 0 Å². The smallest absolute Gasteiger partial charge is 0.0572 e. The Morgan fingerprint density at radius 1 is 0.290 bits per heavy atom. The lowest BCUT2D eigenvalue weighted by atomic mass is 9.86. The molecule has 0 radical (unpaired) electrons. The molecule has 0 fully saturated rings. The highest BCUT2D eigenvalue weighted by atomic mass is 15.0. The molecule has 326 valence electrons. The second kappa shape index (κ2) is 17.3. The van der Waals surface area contributed by atoms with E-state index in [1.54, 1.807) is 0 Å². The Kier molecular flexibility index (Phi) is 10.2.